The van der Waals surface area contributed by atoms with Gasteiger partial charge >= 0.3 is 0 Å². The molecule has 0 saturated heterocycles. The molecular formula is C18H22F2N6. The molecule has 26 heavy (non-hydrogen) atoms. The standard InChI is InChI=1S/C15H16N6.C3H6F2/c1-9(2)19-14-10(3)6-11(7-17-14)12-4-5-21-13(12)8-18-15(16)20-21;1-2-3(4)5/h4-8H,1-3H3,(H2,16,20);3H,2H2,1H3. The van der Waals surface area contributed by atoms with Gasteiger partial charge in [-0.25, -0.2) is 28.3 Å². The normalized spacial score (nSPS) is 10.6. The Morgan fingerprint density at radius 1 is 1.27 bits per heavy atom. The molecule has 0 unspecified atom stereocenters. The Balaban J connectivity index is 0.000000431. The van der Waals surface area contributed by atoms with Crippen molar-refractivity contribution in [2.24, 2.45) is 4.99 Å². The van der Waals surface area contributed by atoms with E-state index in [-0.39, 0.29) is 12.4 Å². The number of halogens is 2. The second-order valence-corrected chi connectivity index (χ2v) is 5.90. The molecule has 3 aromatic rings. The van der Waals surface area contributed by atoms with Gasteiger partial charge in [-0.15, -0.1) is 5.10 Å². The number of hydrogen-bond acceptors (Lipinski definition) is 5. The van der Waals surface area contributed by atoms with Crippen molar-refractivity contribution in [3.63, 3.8) is 0 Å². The molecule has 0 fully saturated rings. The summed E-state index contributed by atoms with van der Waals surface area (Å²) in [5, 5.41) is 4.14. The minimum absolute atomic E-state index is 0.0278. The number of nitrogens with zero attached hydrogens (tertiary/aromatic N) is 5. The van der Waals surface area contributed by atoms with Crippen molar-refractivity contribution in [3.8, 4) is 11.1 Å². The van der Waals surface area contributed by atoms with Crippen LogP contribution in [0.15, 0.2) is 35.7 Å². The highest BCUT2D eigenvalue weighted by Gasteiger charge is 2.09. The highest BCUT2D eigenvalue weighted by atomic mass is 19.3. The lowest BCUT2D eigenvalue weighted by Gasteiger charge is -2.04. The average Bonchev–Trinajstić information content (AvgIpc) is 2.99. The minimum Gasteiger partial charge on any atom is -0.367 e. The quantitative estimate of drug-likeness (QED) is 0.699. The molecule has 0 amide bonds. The molecule has 2 N–H and O–H groups in total. The van der Waals surface area contributed by atoms with Crippen molar-refractivity contribution in [3.05, 3.63) is 36.3 Å². The molecule has 0 aliphatic heterocycles. The summed E-state index contributed by atoms with van der Waals surface area (Å²) in [6.07, 6.45) is 3.26. The molecule has 3 heterocycles. The van der Waals surface area contributed by atoms with E-state index in [1.165, 1.54) is 6.92 Å². The maximum Gasteiger partial charge on any atom is 0.238 e. The molecule has 0 saturated carbocycles. The number of nitrogen functional groups attached to an aromatic ring is 1. The summed E-state index contributed by atoms with van der Waals surface area (Å²) in [6, 6.07) is 4.05. The largest absolute Gasteiger partial charge is 0.367 e. The highest BCUT2D eigenvalue weighted by molar-refractivity contribution is 5.83. The van der Waals surface area contributed by atoms with Crippen LogP contribution in [-0.4, -0.2) is 31.7 Å². The van der Waals surface area contributed by atoms with Crippen molar-refractivity contribution in [1.82, 2.24) is 19.6 Å². The van der Waals surface area contributed by atoms with Crippen LogP contribution < -0.4 is 5.73 Å². The van der Waals surface area contributed by atoms with Crippen molar-refractivity contribution in [2.45, 2.75) is 40.5 Å². The van der Waals surface area contributed by atoms with E-state index in [9.17, 15) is 8.78 Å². The zero-order valence-corrected chi connectivity index (χ0v) is 15.2. The first kappa shape index (κ1) is 19.4. The van der Waals surface area contributed by atoms with Crippen LogP contribution in [-0.2, 0) is 0 Å². The number of hydrogen-bond donors (Lipinski definition) is 1. The highest BCUT2D eigenvalue weighted by Crippen LogP contribution is 2.28. The lowest BCUT2D eigenvalue weighted by molar-refractivity contribution is 0.144. The van der Waals surface area contributed by atoms with Crippen LogP contribution in [0, 0.1) is 6.92 Å². The van der Waals surface area contributed by atoms with Crippen molar-refractivity contribution >= 4 is 23.0 Å². The number of alkyl halides is 2. The zero-order valence-electron chi connectivity index (χ0n) is 15.2. The Bertz CT molecular complexity index is 913. The third-order valence-corrected chi connectivity index (χ3v) is 3.43. The topological polar surface area (TPSA) is 81.5 Å². The fourth-order valence-corrected chi connectivity index (χ4v) is 2.20. The summed E-state index contributed by atoms with van der Waals surface area (Å²) >= 11 is 0. The number of fused-ring (bicyclic) bond motifs is 1. The zero-order chi connectivity index (χ0) is 19.3. The summed E-state index contributed by atoms with van der Waals surface area (Å²) in [7, 11) is 0. The average molecular weight is 360 g/mol. The van der Waals surface area contributed by atoms with Gasteiger partial charge in [0.05, 0.1) is 11.7 Å². The van der Waals surface area contributed by atoms with Gasteiger partial charge in [0.1, 0.15) is 0 Å². The predicted molar refractivity (Wildman–Crippen MR) is 100 cm³/mol. The summed E-state index contributed by atoms with van der Waals surface area (Å²) in [5.41, 5.74) is 10.5. The first-order valence-electron chi connectivity index (χ1n) is 8.18. The molecule has 0 radical (unpaired) electrons. The van der Waals surface area contributed by atoms with E-state index in [4.69, 9.17) is 5.73 Å². The van der Waals surface area contributed by atoms with E-state index in [1.807, 2.05) is 39.2 Å². The third kappa shape index (κ3) is 4.81. The first-order valence-corrected chi connectivity index (χ1v) is 8.18. The van der Waals surface area contributed by atoms with Crippen LogP contribution in [0.3, 0.4) is 0 Å². The van der Waals surface area contributed by atoms with E-state index in [0.717, 1.165) is 33.7 Å². The number of nitrogens with two attached hydrogens (primary N) is 1. The summed E-state index contributed by atoms with van der Waals surface area (Å²) in [5.74, 6) is 1.00. The third-order valence-electron chi connectivity index (χ3n) is 3.43. The van der Waals surface area contributed by atoms with Gasteiger partial charge in [0, 0.05) is 35.7 Å². The Kier molecular flexibility index (Phi) is 6.32. The molecule has 0 aliphatic carbocycles. The smallest absolute Gasteiger partial charge is 0.238 e. The van der Waals surface area contributed by atoms with Crippen LogP contribution in [0.2, 0.25) is 0 Å². The van der Waals surface area contributed by atoms with Gasteiger partial charge in [0.2, 0.25) is 12.4 Å². The second kappa shape index (κ2) is 8.46. The fraction of sp³-hybridized carbons (Fsp3) is 0.333. The molecule has 3 rings (SSSR count). The van der Waals surface area contributed by atoms with Gasteiger partial charge in [-0.3, -0.25) is 0 Å². The van der Waals surface area contributed by atoms with Crippen LogP contribution in [0.5, 0.6) is 0 Å². The number of anilines is 1. The van der Waals surface area contributed by atoms with Crippen molar-refractivity contribution in [1.29, 1.82) is 0 Å². The lowest BCUT2D eigenvalue weighted by Crippen LogP contribution is -1.99. The molecular weight excluding hydrogens is 338 g/mol. The number of aliphatic imine (C=N–C) groups is 1. The van der Waals surface area contributed by atoms with Crippen molar-refractivity contribution < 1.29 is 8.78 Å². The first-order chi connectivity index (χ1) is 12.3. The molecule has 0 aromatic carbocycles. The SMILES string of the molecule is CC(C)=Nc1ncc(-c2ccn3nc(N)ncc23)cc1C.CCC(F)F. The van der Waals surface area contributed by atoms with Gasteiger partial charge < -0.3 is 5.73 Å². The lowest BCUT2D eigenvalue weighted by atomic mass is 10.1. The van der Waals surface area contributed by atoms with E-state index in [2.05, 4.69) is 26.1 Å². The number of aromatic nitrogens is 4. The van der Waals surface area contributed by atoms with Crippen LogP contribution in [0.4, 0.5) is 20.5 Å². The van der Waals surface area contributed by atoms with E-state index in [0.29, 0.717) is 0 Å². The molecule has 3 aromatic heterocycles. The molecule has 0 bridgehead atoms. The Morgan fingerprint density at radius 3 is 2.54 bits per heavy atom. The minimum atomic E-state index is -2.12. The summed E-state index contributed by atoms with van der Waals surface area (Å²) in [4.78, 5) is 12.9. The van der Waals surface area contributed by atoms with E-state index in [1.54, 1.807) is 10.7 Å². The van der Waals surface area contributed by atoms with Crippen LogP contribution in [0.25, 0.3) is 16.6 Å². The maximum absolute atomic E-state index is 10.8. The Hall–Kier alpha value is -2.90. The summed E-state index contributed by atoms with van der Waals surface area (Å²) in [6.45, 7) is 7.37. The van der Waals surface area contributed by atoms with Gasteiger partial charge in [-0.05, 0) is 38.5 Å². The van der Waals surface area contributed by atoms with Gasteiger partial charge in [-0.1, -0.05) is 6.92 Å². The Labute approximate surface area is 150 Å². The summed E-state index contributed by atoms with van der Waals surface area (Å²) < 4.78 is 23.2. The second-order valence-electron chi connectivity index (χ2n) is 5.90. The molecule has 0 atom stereocenters. The van der Waals surface area contributed by atoms with Gasteiger partial charge in [0.25, 0.3) is 0 Å². The Morgan fingerprint density at radius 2 is 1.96 bits per heavy atom. The van der Waals surface area contributed by atoms with E-state index < -0.39 is 6.43 Å². The van der Waals surface area contributed by atoms with Crippen LogP contribution >= 0.6 is 0 Å². The molecule has 6 nitrogen and oxygen atoms in total. The van der Waals surface area contributed by atoms with Gasteiger partial charge in [-0.2, -0.15) is 0 Å². The molecule has 0 spiro atoms. The molecule has 138 valence electrons. The number of rotatable bonds is 3. The van der Waals surface area contributed by atoms with Gasteiger partial charge in [0.15, 0.2) is 5.82 Å². The van der Waals surface area contributed by atoms with E-state index >= 15 is 0 Å². The monoisotopic (exact) mass is 360 g/mol. The number of pyridine rings is 1. The maximum atomic E-state index is 10.8. The fourth-order valence-electron chi connectivity index (χ4n) is 2.20. The molecule has 8 heteroatoms. The number of aryl methyl sites for hydroxylation is 1. The molecule has 0 aliphatic rings. The predicted octanol–water partition coefficient (Wildman–Crippen LogP) is 4.46. The van der Waals surface area contributed by atoms with Crippen LogP contribution in [0.1, 0.15) is 32.8 Å². The van der Waals surface area contributed by atoms with Crippen molar-refractivity contribution in [2.75, 3.05) is 5.73 Å².